The summed E-state index contributed by atoms with van der Waals surface area (Å²) in [5.74, 6) is 0. The van der Waals surface area contributed by atoms with Gasteiger partial charge in [0, 0.05) is 37.8 Å². The number of rotatable bonds is 10. The molecule has 0 radical (unpaired) electrons. The Labute approximate surface area is 132 Å². The third-order valence-corrected chi connectivity index (χ3v) is 5.23. The summed E-state index contributed by atoms with van der Waals surface area (Å²) in [4.78, 5) is 2.66. The summed E-state index contributed by atoms with van der Waals surface area (Å²) >= 11 is 0. The lowest BCUT2D eigenvalue weighted by Gasteiger charge is -2.45. The van der Waals surface area contributed by atoms with Crippen LogP contribution in [0.15, 0.2) is 0 Å². The molecule has 0 bridgehead atoms. The van der Waals surface area contributed by atoms with E-state index < -0.39 is 0 Å². The van der Waals surface area contributed by atoms with Crippen LogP contribution in [0.3, 0.4) is 0 Å². The molecular weight excluding hydrogens is 260 g/mol. The second kappa shape index (κ2) is 8.50. The van der Waals surface area contributed by atoms with Gasteiger partial charge in [0.15, 0.2) is 0 Å². The van der Waals surface area contributed by atoms with E-state index >= 15 is 0 Å². The Balaban J connectivity index is 2.67. The number of aliphatic hydroxyl groups excluding tert-OH is 1. The smallest absolute Gasteiger partial charge is 0.0443 e. The second-order valence-corrected chi connectivity index (χ2v) is 7.94. The standard InChI is InChI=1S/C18H38N2O/c1-6-18(7-2,14-19-17(3,4)5)15-20(12-9-13-21)16-10-8-11-16/h16,19,21H,6-15H2,1-5H3. The van der Waals surface area contributed by atoms with Crippen LogP contribution in [0.4, 0.5) is 0 Å². The molecule has 1 fully saturated rings. The Bertz CT molecular complexity index is 277. The first-order valence-corrected chi connectivity index (χ1v) is 8.96. The molecule has 0 aliphatic heterocycles. The summed E-state index contributed by atoms with van der Waals surface area (Å²) in [6, 6.07) is 0.767. The zero-order valence-electron chi connectivity index (χ0n) is 15.0. The van der Waals surface area contributed by atoms with Gasteiger partial charge in [-0.15, -0.1) is 0 Å². The highest BCUT2D eigenvalue weighted by Crippen LogP contribution is 2.32. The van der Waals surface area contributed by atoms with Gasteiger partial charge in [-0.3, -0.25) is 4.90 Å². The van der Waals surface area contributed by atoms with E-state index in [-0.39, 0.29) is 5.54 Å². The van der Waals surface area contributed by atoms with Crippen molar-refractivity contribution in [3.63, 3.8) is 0 Å². The van der Waals surface area contributed by atoms with Gasteiger partial charge < -0.3 is 10.4 Å². The fraction of sp³-hybridized carbons (Fsp3) is 1.00. The quantitative estimate of drug-likeness (QED) is 0.649. The molecule has 0 amide bonds. The molecule has 126 valence electrons. The molecule has 3 heteroatoms. The van der Waals surface area contributed by atoms with Crippen molar-refractivity contribution in [2.45, 2.75) is 84.7 Å². The number of aliphatic hydroxyl groups is 1. The van der Waals surface area contributed by atoms with E-state index in [1.54, 1.807) is 0 Å². The molecule has 0 heterocycles. The van der Waals surface area contributed by atoms with Crippen molar-refractivity contribution in [3.8, 4) is 0 Å². The van der Waals surface area contributed by atoms with Crippen LogP contribution in [0, 0.1) is 5.41 Å². The molecule has 0 aromatic carbocycles. The number of nitrogens with one attached hydrogen (secondary N) is 1. The molecule has 0 atom stereocenters. The fourth-order valence-corrected chi connectivity index (χ4v) is 3.08. The number of hydrogen-bond donors (Lipinski definition) is 2. The molecule has 1 saturated carbocycles. The van der Waals surface area contributed by atoms with Crippen molar-refractivity contribution in [3.05, 3.63) is 0 Å². The lowest BCUT2D eigenvalue weighted by Crippen LogP contribution is -2.52. The summed E-state index contributed by atoms with van der Waals surface area (Å²) in [5, 5.41) is 12.9. The predicted molar refractivity (Wildman–Crippen MR) is 91.7 cm³/mol. The van der Waals surface area contributed by atoms with E-state index in [0.29, 0.717) is 12.0 Å². The van der Waals surface area contributed by atoms with Crippen molar-refractivity contribution in [2.24, 2.45) is 5.41 Å². The Hall–Kier alpha value is -0.120. The number of nitrogens with zero attached hydrogens (tertiary/aromatic N) is 1. The number of hydrogen-bond acceptors (Lipinski definition) is 3. The van der Waals surface area contributed by atoms with Crippen LogP contribution < -0.4 is 5.32 Å². The minimum atomic E-state index is 0.183. The zero-order chi connectivity index (χ0) is 15.9. The Morgan fingerprint density at radius 3 is 2.14 bits per heavy atom. The van der Waals surface area contributed by atoms with Gasteiger partial charge in [0.05, 0.1) is 0 Å². The van der Waals surface area contributed by atoms with Gasteiger partial charge >= 0.3 is 0 Å². The average molecular weight is 299 g/mol. The van der Waals surface area contributed by atoms with Gasteiger partial charge in [-0.25, -0.2) is 0 Å². The van der Waals surface area contributed by atoms with Crippen LogP contribution in [0.1, 0.15) is 73.1 Å². The van der Waals surface area contributed by atoms with Gasteiger partial charge in [0.25, 0.3) is 0 Å². The van der Waals surface area contributed by atoms with Crippen molar-refractivity contribution in [1.29, 1.82) is 0 Å². The summed E-state index contributed by atoms with van der Waals surface area (Å²) in [7, 11) is 0. The molecule has 0 aromatic rings. The van der Waals surface area contributed by atoms with E-state index in [0.717, 1.165) is 25.6 Å². The Morgan fingerprint density at radius 2 is 1.76 bits per heavy atom. The Morgan fingerprint density at radius 1 is 1.14 bits per heavy atom. The second-order valence-electron chi connectivity index (χ2n) is 7.94. The largest absolute Gasteiger partial charge is 0.396 e. The van der Waals surface area contributed by atoms with Crippen LogP contribution in [0.25, 0.3) is 0 Å². The molecule has 1 aliphatic carbocycles. The highest BCUT2D eigenvalue weighted by atomic mass is 16.3. The monoisotopic (exact) mass is 298 g/mol. The van der Waals surface area contributed by atoms with Crippen molar-refractivity contribution < 1.29 is 5.11 Å². The fourth-order valence-electron chi connectivity index (χ4n) is 3.08. The predicted octanol–water partition coefficient (Wildman–Crippen LogP) is 3.42. The molecule has 21 heavy (non-hydrogen) atoms. The van der Waals surface area contributed by atoms with Gasteiger partial charge in [-0.2, -0.15) is 0 Å². The highest BCUT2D eigenvalue weighted by molar-refractivity contribution is 4.89. The lowest BCUT2D eigenvalue weighted by molar-refractivity contribution is 0.0539. The van der Waals surface area contributed by atoms with E-state index in [1.165, 1.54) is 38.6 Å². The molecule has 0 saturated heterocycles. The van der Waals surface area contributed by atoms with Gasteiger partial charge in [-0.05, 0) is 58.3 Å². The minimum absolute atomic E-state index is 0.183. The molecule has 0 aromatic heterocycles. The summed E-state index contributed by atoms with van der Waals surface area (Å²) < 4.78 is 0. The van der Waals surface area contributed by atoms with Crippen molar-refractivity contribution in [1.82, 2.24) is 10.2 Å². The first kappa shape index (κ1) is 18.9. The van der Waals surface area contributed by atoms with E-state index in [2.05, 4.69) is 44.8 Å². The first-order chi connectivity index (χ1) is 9.86. The highest BCUT2D eigenvalue weighted by Gasteiger charge is 2.34. The van der Waals surface area contributed by atoms with Gasteiger partial charge in [0.2, 0.25) is 0 Å². The zero-order valence-corrected chi connectivity index (χ0v) is 15.0. The van der Waals surface area contributed by atoms with E-state index in [1.807, 2.05) is 0 Å². The first-order valence-electron chi connectivity index (χ1n) is 8.96. The lowest BCUT2D eigenvalue weighted by atomic mass is 9.79. The molecule has 1 aliphatic rings. The van der Waals surface area contributed by atoms with Crippen LogP contribution in [-0.2, 0) is 0 Å². The van der Waals surface area contributed by atoms with E-state index in [9.17, 15) is 5.11 Å². The summed E-state index contributed by atoms with van der Waals surface area (Å²) in [6.45, 7) is 15.0. The van der Waals surface area contributed by atoms with Gasteiger partial charge in [-0.1, -0.05) is 20.3 Å². The molecule has 1 rings (SSSR count). The van der Waals surface area contributed by atoms with Crippen molar-refractivity contribution in [2.75, 3.05) is 26.2 Å². The third kappa shape index (κ3) is 6.25. The van der Waals surface area contributed by atoms with Gasteiger partial charge in [0.1, 0.15) is 0 Å². The SMILES string of the molecule is CCC(CC)(CNC(C)(C)C)CN(CCCO)C1CCC1. The van der Waals surface area contributed by atoms with E-state index in [4.69, 9.17) is 0 Å². The molecule has 3 nitrogen and oxygen atoms in total. The van der Waals surface area contributed by atoms with Crippen LogP contribution in [0.2, 0.25) is 0 Å². The van der Waals surface area contributed by atoms with Crippen LogP contribution in [-0.4, -0.2) is 47.8 Å². The molecule has 0 spiro atoms. The topological polar surface area (TPSA) is 35.5 Å². The average Bonchev–Trinajstić information content (AvgIpc) is 2.37. The summed E-state index contributed by atoms with van der Waals surface area (Å²) in [6.07, 6.45) is 7.42. The minimum Gasteiger partial charge on any atom is -0.396 e. The molecular formula is C18H38N2O. The molecule has 0 unspecified atom stereocenters. The van der Waals surface area contributed by atoms with Crippen molar-refractivity contribution >= 4 is 0 Å². The molecule has 2 N–H and O–H groups in total. The Kier molecular flexibility index (Phi) is 7.66. The summed E-state index contributed by atoms with van der Waals surface area (Å²) in [5.41, 5.74) is 0.542. The maximum atomic E-state index is 9.17. The maximum Gasteiger partial charge on any atom is 0.0443 e. The normalized spacial score (nSPS) is 17.3. The van der Waals surface area contributed by atoms with Crippen LogP contribution >= 0.6 is 0 Å². The van der Waals surface area contributed by atoms with Crippen LogP contribution in [0.5, 0.6) is 0 Å². The maximum absolute atomic E-state index is 9.17. The third-order valence-electron chi connectivity index (χ3n) is 5.23.